The van der Waals surface area contributed by atoms with Gasteiger partial charge in [0.05, 0.1) is 12.7 Å². The highest BCUT2D eigenvalue weighted by atomic mass is 16.3. The quantitative estimate of drug-likeness (QED) is 0.664. The first kappa shape index (κ1) is 12.5. The van der Waals surface area contributed by atoms with Crippen LogP contribution in [0.1, 0.15) is 39.0 Å². The minimum Gasteiger partial charge on any atom is -0.395 e. The van der Waals surface area contributed by atoms with Crippen LogP contribution in [0.25, 0.3) is 0 Å². The van der Waals surface area contributed by atoms with Crippen molar-refractivity contribution in [3.05, 3.63) is 0 Å². The van der Waals surface area contributed by atoms with Crippen LogP contribution >= 0.6 is 0 Å². The van der Waals surface area contributed by atoms with E-state index in [0.29, 0.717) is 6.42 Å². The lowest BCUT2D eigenvalue weighted by Crippen LogP contribution is -2.33. The summed E-state index contributed by atoms with van der Waals surface area (Å²) in [5.74, 6) is 0. The molecule has 86 valence electrons. The van der Waals surface area contributed by atoms with Crippen LogP contribution in [0.2, 0.25) is 0 Å². The first-order valence-corrected chi connectivity index (χ1v) is 5.96. The van der Waals surface area contributed by atoms with E-state index >= 15 is 0 Å². The van der Waals surface area contributed by atoms with Gasteiger partial charge in [0, 0.05) is 19.5 Å². The maximum atomic E-state index is 8.98. The Morgan fingerprint density at radius 1 is 1.40 bits per heavy atom. The van der Waals surface area contributed by atoms with Crippen LogP contribution in [0.3, 0.4) is 0 Å². The van der Waals surface area contributed by atoms with E-state index in [9.17, 15) is 0 Å². The van der Waals surface area contributed by atoms with Crippen LogP contribution in [0, 0.1) is 16.7 Å². The van der Waals surface area contributed by atoms with Crippen molar-refractivity contribution in [1.82, 2.24) is 4.90 Å². The Labute approximate surface area is 92.7 Å². The molecule has 0 bridgehead atoms. The fourth-order valence-electron chi connectivity index (χ4n) is 2.00. The molecule has 1 saturated carbocycles. The molecule has 0 spiro atoms. The Balaban J connectivity index is 2.33. The predicted molar refractivity (Wildman–Crippen MR) is 60.3 cm³/mol. The van der Waals surface area contributed by atoms with E-state index in [1.54, 1.807) is 0 Å². The third-order valence-corrected chi connectivity index (χ3v) is 3.21. The van der Waals surface area contributed by atoms with Gasteiger partial charge in [-0.2, -0.15) is 5.26 Å². The lowest BCUT2D eigenvalue weighted by Gasteiger charge is -2.25. The molecule has 0 aromatic carbocycles. The summed E-state index contributed by atoms with van der Waals surface area (Å²) < 4.78 is 0. The van der Waals surface area contributed by atoms with E-state index in [2.05, 4.69) is 17.9 Å². The number of hydrogen-bond donors (Lipinski definition) is 1. The van der Waals surface area contributed by atoms with E-state index < -0.39 is 0 Å². The topological polar surface area (TPSA) is 47.3 Å². The van der Waals surface area contributed by atoms with Crippen molar-refractivity contribution in [3.8, 4) is 6.07 Å². The van der Waals surface area contributed by atoms with Gasteiger partial charge in [0.1, 0.15) is 0 Å². The number of unbranched alkanes of at least 4 members (excludes halogenated alkanes) is 1. The molecule has 0 saturated heterocycles. The van der Waals surface area contributed by atoms with Gasteiger partial charge in [0.2, 0.25) is 0 Å². The summed E-state index contributed by atoms with van der Waals surface area (Å²) in [5.41, 5.74) is 0.275. The predicted octanol–water partition coefficient (Wildman–Crippen LogP) is 1.77. The van der Waals surface area contributed by atoms with Crippen LogP contribution < -0.4 is 0 Å². The van der Waals surface area contributed by atoms with Gasteiger partial charge in [-0.25, -0.2) is 0 Å². The molecular weight excluding hydrogens is 188 g/mol. The Morgan fingerprint density at radius 3 is 2.60 bits per heavy atom. The first-order valence-electron chi connectivity index (χ1n) is 5.96. The average Bonchev–Trinajstić information content (AvgIpc) is 2.95. The minimum atomic E-state index is 0.229. The third-order valence-electron chi connectivity index (χ3n) is 3.21. The fourth-order valence-corrected chi connectivity index (χ4v) is 2.00. The van der Waals surface area contributed by atoms with Gasteiger partial charge in [-0.3, -0.25) is 0 Å². The highest BCUT2D eigenvalue weighted by Gasteiger charge is 2.43. The molecule has 1 aliphatic carbocycles. The zero-order valence-electron chi connectivity index (χ0n) is 9.71. The third kappa shape index (κ3) is 4.19. The Kier molecular flexibility index (Phi) is 5.07. The molecule has 0 aromatic rings. The Hall–Kier alpha value is -0.590. The molecule has 0 aliphatic heterocycles. The van der Waals surface area contributed by atoms with Gasteiger partial charge in [-0.05, 0) is 31.2 Å². The highest BCUT2D eigenvalue weighted by molar-refractivity contribution is 5.01. The largest absolute Gasteiger partial charge is 0.395 e. The van der Waals surface area contributed by atoms with Crippen LogP contribution in [0.15, 0.2) is 0 Å². The van der Waals surface area contributed by atoms with E-state index in [-0.39, 0.29) is 12.0 Å². The molecule has 15 heavy (non-hydrogen) atoms. The highest BCUT2D eigenvalue weighted by Crippen LogP contribution is 2.49. The maximum Gasteiger partial charge on any atom is 0.0628 e. The maximum absolute atomic E-state index is 8.98. The molecule has 0 unspecified atom stereocenters. The van der Waals surface area contributed by atoms with Gasteiger partial charge >= 0.3 is 0 Å². The monoisotopic (exact) mass is 210 g/mol. The summed E-state index contributed by atoms with van der Waals surface area (Å²) >= 11 is 0. The van der Waals surface area contributed by atoms with Crippen molar-refractivity contribution >= 4 is 0 Å². The summed E-state index contributed by atoms with van der Waals surface area (Å²) in [6.07, 6.45) is 5.43. The molecule has 0 heterocycles. The smallest absolute Gasteiger partial charge is 0.0628 e. The number of hydrogen-bond acceptors (Lipinski definition) is 3. The second-order valence-corrected chi connectivity index (χ2v) is 4.69. The molecule has 1 rings (SSSR count). The minimum absolute atomic E-state index is 0.229. The molecule has 0 amide bonds. The lowest BCUT2D eigenvalue weighted by molar-refractivity contribution is 0.167. The zero-order chi connectivity index (χ0) is 11.1. The number of nitrogens with zero attached hydrogens (tertiary/aromatic N) is 2. The Morgan fingerprint density at radius 2 is 2.13 bits per heavy atom. The Bertz CT molecular complexity index is 218. The first-order chi connectivity index (χ1) is 7.26. The van der Waals surface area contributed by atoms with Crippen molar-refractivity contribution in [3.63, 3.8) is 0 Å². The SMILES string of the molecule is CCCCN(CCO)CC1(CC#N)CC1. The lowest BCUT2D eigenvalue weighted by atomic mass is 10.0. The van der Waals surface area contributed by atoms with Crippen molar-refractivity contribution < 1.29 is 5.11 Å². The van der Waals surface area contributed by atoms with Crippen LogP contribution in [-0.2, 0) is 0 Å². The summed E-state index contributed by atoms with van der Waals surface area (Å²) in [4.78, 5) is 2.31. The van der Waals surface area contributed by atoms with Crippen LogP contribution in [-0.4, -0.2) is 36.2 Å². The average molecular weight is 210 g/mol. The van der Waals surface area contributed by atoms with E-state index in [0.717, 1.165) is 19.6 Å². The van der Waals surface area contributed by atoms with Gasteiger partial charge in [0.15, 0.2) is 0 Å². The number of rotatable bonds is 8. The summed E-state index contributed by atoms with van der Waals surface area (Å²) in [7, 11) is 0. The molecule has 1 N–H and O–H groups in total. The zero-order valence-corrected chi connectivity index (χ0v) is 9.71. The van der Waals surface area contributed by atoms with Crippen LogP contribution in [0.4, 0.5) is 0 Å². The normalized spacial score (nSPS) is 17.7. The standard InChI is InChI=1S/C12H22N2O/c1-2-3-8-14(9-10-15)11-12(4-5-12)6-7-13/h15H,2-6,8-11H2,1H3. The molecule has 1 fully saturated rings. The summed E-state index contributed by atoms with van der Waals surface area (Å²) in [6.45, 7) is 5.23. The molecule has 1 aliphatic rings. The molecule has 0 atom stereocenters. The van der Waals surface area contributed by atoms with Crippen LogP contribution in [0.5, 0.6) is 0 Å². The second kappa shape index (κ2) is 6.09. The van der Waals surface area contributed by atoms with Gasteiger partial charge in [0.25, 0.3) is 0 Å². The van der Waals surface area contributed by atoms with Crippen molar-refractivity contribution in [2.75, 3.05) is 26.2 Å². The van der Waals surface area contributed by atoms with Gasteiger partial charge < -0.3 is 10.0 Å². The summed E-state index contributed by atoms with van der Waals surface area (Å²) in [5, 5.41) is 17.7. The van der Waals surface area contributed by atoms with E-state index in [1.807, 2.05) is 0 Å². The molecule has 0 aromatic heterocycles. The van der Waals surface area contributed by atoms with Gasteiger partial charge in [-0.1, -0.05) is 13.3 Å². The molecule has 0 radical (unpaired) electrons. The van der Waals surface area contributed by atoms with E-state index in [1.165, 1.54) is 25.7 Å². The van der Waals surface area contributed by atoms with Gasteiger partial charge in [-0.15, -0.1) is 0 Å². The van der Waals surface area contributed by atoms with Crippen molar-refractivity contribution in [2.45, 2.75) is 39.0 Å². The van der Waals surface area contributed by atoms with E-state index in [4.69, 9.17) is 10.4 Å². The fraction of sp³-hybridized carbons (Fsp3) is 0.917. The summed E-state index contributed by atoms with van der Waals surface area (Å²) in [6, 6.07) is 2.28. The number of aliphatic hydroxyl groups is 1. The number of nitriles is 1. The molecule has 3 nitrogen and oxygen atoms in total. The molecule has 3 heteroatoms. The number of aliphatic hydroxyl groups excluding tert-OH is 1. The van der Waals surface area contributed by atoms with Crippen molar-refractivity contribution in [2.24, 2.45) is 5.41 Å². The second-order valence-electron chi connectivity index (χ2n) is 4.69. The molecular formula is C12H22N2O. The van der Waals surface area contributed by atoms with Crippen molar-refractivity contribution in [1.29, 1.82) is 5.26 Å².